The smallest absolute Gasteiger partial charge is 0.300 e. The lowest BCUT2D eigenvalue weighted by atomic mass is 10.1. The second kappa shape index (κ2) is 6.79. The van der Waals surface area contributed by atoms with Crippen LogP contribution in [0.1, 0.15) is 18.1 Å². The molecule has 1 heterocycles. The maximum Gasteiger partial charge on any atom is 0.392 e. The molecule has 1 aromatic rings. The van der Waals surface area contributed by atoms with Crippen molar-refractivity contribution in [1.82, 2.24) is 9.80 Å². The fourth-order valence-electron chi connectivity index (χ4n) is 2.65. The Hall–Kier alpha value is -1.07. The zero-order valence-electron chi connectivity index (χ0n) is 12.7. The predicted octanol–water partition coefficient (Wildman–Crippen LogP) is 3.31. The van der Waals surface area contributed by atoms with Crippen molar-refractivity contribution in [1.29, 1.82) is 0 Å². The van der Waals surface area contributed by atoms with E-state index in [-0.39, 0.29) is 6.54 Å². The summed E-state index contributed by atoms with van der Waals surface area (Å²) in [5.41, 5.74) is 2.57. The highest BCUT2D eigenvalue weighted by molar-refractivity contribution is 5.25. The molecule has 118 valence electrons. The first kappa shape index (κ1) is 16.3. The van der Waals surface area contributed by atoms with E-state index >= 15 is 0 Å². The number of alkyl halides is 3. The molecule has 2 nitrogen and oxygen atoms in total. The highest BCUT2D eigenvalue weighted by atomic mass is 19.4. The lowest BCUT2D eigenvalue weighted by Gasteiger charge is -2.36. The summed E-state index contributed by atoms with van der Waals surface area (Å²) in [5, 5.41) is 0. The zero-order valence-corrected chi connectivity index (χ0v) is 12.7. The number of hydrogen-bond donors (Lipinski definition) is 0. The van der Waals surface area contributed by atoms with E-state index < -0.39 is 12.1 Å². The van der Waals surface area contributed by atoms with Crippen LogP contribution in [0.25, 0.3) is 0 Å². The Morgan fingerprint density at radius 1 is 1.05 bits per heavy atom. The van der Waals surface area contributed by atoms with E-state index in [0.717, 1.165) is 19.6 Å². The summed E-state index contributed by atoms with van der Waals surface area (Å²) in [6.07, 6.45) is -4.09. The van der Waals surface area contributed by atoms with Crippen LogP contribution in [-0.2, 0) is 6.54 Å². The number of benzene rings is 1. The average molecular weight is 300 g/mol. The SMILES string of the molecule is Cc1ccccc1CN1CCN(CC(C)C(F)(F)F)CC1. The van der Waals surface area contributed by atoms with E-state index in [0.29, 0.717) is 13.1 Å². The van der Waals surface area contributed by atoms with E-state index in [9.17, 15) is 13.2 Å². The van der Waals surface area contributed by atoms with Crippen molar-refractivity contribution in [2.45, 2.75) is 26.6 Å². The van der Waals surface area contributed by atoms with Crippen LogP contribution in [0, 0.1) is 12.8 Å². The lowest BCUT2D eigenvalue weighted by molar-refractivity contribution is -0.174. The molecular weight excluding hydrogens is 277 g/mol. The van der Waals surface area contributed by atoms with Crippen molar-refractivity contribution in [2.75, 3.05) is 32.7 Å². The number of rotatable bonds is 4. The van der Waals surface area contributed by atoms with Gasteiger partial charge >= 0.3 is 6.18 Å². The van der Waals surface area contributed by atoms with Crippen LogP contribution in [0.2, 0.25) is 0 Å². The van der Waals surface area contributed by atoms with Crippen molar-refractivity contribution in [2.24, 2.45) is 5.92 Å². The molecule has 0 saturated carbocycles. The molecule has 5 heteroatoms. The van der Waals surface area contributed by atoms with Crippen LogP contribution in [0.5, 0.6) is 0 Å². The van der Waals surface area contributed by atoms with Gasteiger partial charge in [0.15, 0.2) is 0 Å². The third-order valence-corrected chi connectivity index (χ3v) is 4.21. The molecule has 1 aliphatic rings. The molecule has 21 heavy (non-hydrogen) atoms. The molecule has 0 aliphatic carbocycles. The quantitative estimate of drug-likeness (QED) is 0.842. The first-order chi connectivity index (χ1) is 9.86. The minimum absolute atomic E-state index is 0.113. The Bertz CT molecular complexity index is 451. The molecule has 0 N–H and O–H groups in total. The van der Waals surface area contributed by atoms with Gasteiger partial charge in [0.05, 0.1) is 5.92 Å². The molecular formula is C16H23F3N2. The van der Waals surface area contributed by atoms with Gasteiger partial charge in [-0.05, 0) is 18.1 Å². The number of hydrogen-bond acceptors (Lipinski definition) is 2. The average Bonchev–Trinajstić information content (AvgIpc) is 2.42. The number of nitrogens with zero attached hydrogens (tertiary/aromatic N) is 2. The molecule has 0 radical (unpaired) electrons. The molecule has 0 bridgehead atoms. The van der Waals surface area contributed by atoms with Crippen molar-refractivity contribution >= 4 is 0 Å². The summed E-state index contributed by atoms with van der Waals surface area (Å²) in [6, 6.07) is 8.27. The number of halogens is 3. The monoisotopic (exact) mass is 300 g/mol. The van der Waals surface area contributed by atoms with Gasteiger partial charge in [-0.3, -0.25) is 4.90 Å². The third-order valence-electron chi connectivity index (χ3n) is 4.21. The molecule has 1 aromatic carbocycles. The van der Waals surface area contributed by atoms with E-state index in [2.05, 4.69) is 24.0 Å². The van der Waals surface area contributed by atoms with Gasteiger partial charge in [0.25, 0.3) is 0 Å². The van der Waals surface area contributed by atoms with Crippen molar-refractivity contribution < 1.29 is 13.2 Å². The number of aryl methyl sites for hydroxylation is 1. The van der Waals surface area contributed by atoms with Gasteiger partial charge in [-0.25, -0.2) is 0 Å². The van der Waals surface area contributed by atoms with Gasteiger partial charge in [-0.2, -0.15) is 13.2 Å². The summed E-state index contributed by atoms with van der Waals surface area (Å²) in [6.45, 7) is 7.45. The van der Waals surface area contributed by atoms with Gasteiger partial charge in [0, 0.05) is 39.3 Å². The van der Waals surface area contributed by atoms with Crippen LogP contribution in [0.3, 0.4) is 0 Å². The zero-order chi connectivity index (χ0) is 15.5. The van der Waals surface area contributed by atoms with Crippen LogP contribution in [0.15, 0.2) is 24.3 Å². The van der Waals surface area contributed by atoms with Crippen LogP contribution in [-0.4, -0.2) is 48.7 Å². The Morgan fingerprint density at radius 3 is 2.19 bits per heavy atom. The maximum absolute atomic E-state index is 12.6. The van der Waals surface area contributed by atoms with Crippen molar-refractivity contribution in [3.05, 3.63) is 35.4 Å². The predicted molar refractivity (Wildman–Crippen MR) is 78.1 cm³/mol. The first-order valence-electron chi connectivity index (χ1n) is 7.42. The first-order valence-corrected chi connectivity index (χ1v) is 7.42. The Balaban J connectivity index is 1.80. The highest BCUT2D eigenvalue weighted by Crippen LogP contribution is 2.26. The fourth-order valence-corrected chi connectivity index (χ4v) is 2.65. The van der Waals surface area contributed by atoms with Crippen LogP contribution >= 0.6 is 0 Å². The largest absolute Gasteiger partial charge is 0.392 e. The van der Waals surface area contributed by atoms with E-state index in [1.165, 1.54) is 18.1 Å². The van der Waals surface area contributed by atoms with Gasteiger partial charge in [0.2, 0.25) is 0 Å². The Kier molecular flexibility index (Phi) is 5.27. The Morgan fingerprint density at radius 2 is 1.62 bits per heavy atom. The second-order valence-corrected chi connectivity index (χ2v) is 5.95. The van der Waals surface area contributed by atoms with E-state index in [1.807, 2.05) is 17.0 Å². The lowest BCUT2D eigenvalue weighted by Crippen LogP contribution is -2.48. The third kappa shape index (κ3) is 4.71. The summed E-state index contributed by atoms with van der Waals surface area (Å²) in [4.78, 5) is 4.24. The summed E-state index contributed by atoms with van der Waals surface area (Å²) >= 11 is 0. The fraction of sp³-hybridized carbons (Fsp3) is 0.625. The Labute approximate surface area is 124 Å². The molecule has 1 atom stereocenters. The van der Waals surface area contributed by atoms with Crippen molar-refractivity contribution in [3.63, 3.8) is 0 Å². The molecule has 0 aromatic heterocycles. The molecule has 0 spiro atoms. The molecule has 0 amide bonds. The molecule has 1 fully saturated rings. The summed E-state index contributed by atoms with van der Waals surface area (Å²) < 4.78 is 37.7. The highest BCUT2D eigenvalue weighted by Gasteiger charge is 2.37. The normalized spacial score (nSPS) is 19.7. The molecule has 1 aliphatic heterocycles. The molecule has 2 rings (SSSR count). The van der Waals surface area contributed by atoms with Gasteiger partial charge in [0.1, 0.15) is 0 Å². The van der Waals surface area contributed by atoms with E-state index in [1.54, 1.807) is 0 Å². The van der Waals surface area contributed by atoms with Crippen LogP contribution in [0.4, 0.5) is 13.2 Å². The minimum atomic E-state index is -4.09. The van der Waals surface area contributed by atoms with Gasteiger partial charge in [-0.15, -0.1) is 0 Å². The molecule has 1 unspecified atom stereocenters. The maximum atomic E-state index is 12.6. The van der Waals surface area contributed by atoms with E-state index in [4.69, 9.17) is 0 Å². The van der Waals surface area contributed by atoms with Gasteiger partial charge < -0.3 is 4.90 Å². The topological polar surface area (TPSA) is 6.48 Å². The van der Waals surface area contributed by atoms with Crippen molar-refractivity contribution in [3.8, 4) is 0 Å². The van der Waals surface area contributed by atoms with Crippen LogP contribution < -0.4 is 0 Å². The standard InChI is InChI=1S/C16H23F3N2/c1-13-5-3-4-6-15(13)12-21-9-7-20(8-10-21)11-14(2)16(17,18)19/h3-6,14H,7-12H2,1-2H3. The van der Waals surface area contributed by atoms with Gasteiger partial charge in [-0.1, -0.05) is 31.2 Å². The second-order valence-electron chi connectivity index (χ2n) is 5.95. The number of piperazine rings is 1. The molecule has 1 saturated heterocycles. The summed E-state index contributed by atoms with van der Waals surface area (Å²) in [5.74, 6) is -1.25. The minimum Gasteiger partial charge on any atom is -0.300 e. The summed E-state index contributed by atoms with van der Waals surface area (Å²) in [7, 11) is 0.